The van der Waals surface area contributed by atoms with Crippen LogP contribution in [0.2, 0.25) is 5.15 Å². The molecule has 3 heterocycles. The van der Waals surface area contributed by atoms with Gasteiger partial charge in [-0.15, -0.1) is 24.0 Å². The highest BCUT2D eigenvalue weighted by Crippen LogP contribution is 2.13. The molecule has 0 aromatic carbocycles. The first-order valence-electron chi connectivity index (χ1n) is 8.67. The number of nitrogens with zero attached hydrogens (tertiary/aromatic N) is 5. The topological polar surface area (TPSA) is 89.2 Å². The van der Waals surface area contributed by atoms with Crippen LogP contribution in [-0.2, 0) is 30.7 Å². The number of ether oxygens (including phenoxy) is 1. The van der Waals surface area contributed by atoms with Crippen LogP contribution < -0.4 is 10.6 Å². The van der Waals surface area contributed by atoms with Gasteiger partial charge in [-0.1, -0.05) is 17.7 Å². The molecule has 1 aliphatic heterocycles. The molecule has 3 rings (SSSR count). The van der Waals surface area contributed by atoms with Gasteiger partial charge in [-0.25, -0.2) is 14.6 Å². The smallest absolute Gasteiger partial charge is 0.191 e. The zero-order valence-corrected chi connectivity index (χ0v) is 18.6. The predicted octanol–water partition coefficient (Wildman–Crippen LogP) is 1.81. The van der Waals surface area contributed by atoms with Crippen LogP contribution in [0.1, 0.15) is 23.6 Å². The third kappa shape index (κ3) is 6.28. The molecule has 2 N–H and O–H groups in total. The average molecular weight is 506 g/mol. The number of hydrogen-bond donors (Lipinski definition) is 2. The van der Waals surface area contributed by atoms with Crippen molar-refractivity contribution in [2.75, 3.05) is 20.7 Å². The lowest BCUT2D eigenvalue weighted by Crippen LogP contribution is -2.47. The maximum absolute atomic E-state index is 5.81. The third-order valence-corrected chi connectivity index (χ3v) is 4.46. The molecule has 1 unspecified atom stereocenters. The third-order valence-electron chi connectivity index (χ3n) is 4.23. The number of rotatable bonds is 6. The van der Waals surface area contributed by atoms with E-state index in [2.05, 4.69) is 30.7 Å². The fraction of sp³-hybridized carbons (Fsp3) is 0.529. The van der Waals surface area contributed by atoms with E-state index in [0.29, 0.717) is 11.8 Å². The molecule has 0 spiro atoms. The van der Waals surface area contributed by atoms with Crippen molar-refractivity contribution in [2.45, 2.75) is 38.5 Å². The number of aliphatic imine (C=N–C) groups is 1. The molecule has 0 aliphatic carbocycles. The van der Waals surface area contributed by atoms with Crippen LogP contribution in [0.3, 0.4) is 0 Å². The molecule has 0 fully saturated rings. The second kappa shape index (κ2) is 10.8. The number of fused-ring (bicyclic) bond motifs is 1. The molecule has 1 atom stereocenters. The summed E-state index contributed by atoms with van der Waals surface area (Å²) in [5, 5.41) is 11.8. The van der Waals surface area contributed by atoms with Crippen LogP contribution in [0.15, 0.2) is 23.3 Å². The van der Waals surface area contributed by atoms with Crippen molar-refractivity contribution in [3.63, 3.8) is 0 Å². The van der Waals surface area contributed by atoms with Crippen LogP contribution in [0.25, 0.3) is 0 Å². The van der Waals surface area contributed by atoms with Crippen molar-refractivity contribution < 1.29 is 4.74 Å². The molecule has 2 aromatic heterocycles. The van der Waals surface area contributed by atoms with E-state index in [1.54, 1.807) is 26.4 Å². The second-order valence-corrected chi connectivity index (χ2v) is 6.56. The highest BCUT2D eigenvalue weighted by molar-refractivity contribution is 14.0. The van der Waals surface area contributed by atoms with Crippen LogP contribution in [-0.4, -0.2) is 52.5 Å². The lowest BCUT2D eigenvalue weighted by Gasteiger charge is -2.25. The van der Waals surface area contributed by atoms with Gasteiger partial charge in [0.1, 0.15) is 17.6 Å². The fourth-order valence-electron chi connectivity index (χ4n) is 2.94. The summed E-state index contributed by atoms with van der Waals surface area (Å²) in [5.74, 6) is 2.55. The molecule has 0 amide bonds. The predicted molar refractivity (Wildman–Crippen MR) is 116 cm³/mol. The van der Waals surface area contributed by atoms with Gasteiger partial charge in [0.05, 0.1) is 6.54 Å². The maximum atomic E-state index is 5.81. The van der Waals surface area contributed by atoms with E-state index < -0.39 is 0 Å². The first kappa shape index (κ1) is 21.8. The van der Waals surface area contributed by atoms with Gasteiger partial charge < -0.3 is 15.4 Å². The van der Waals surface area contributed by atoms with Gasteiger partial charge in [0.15, 0.2) is 11.8 Å². The van der Waals surface area contributed by atoms with Crippen molar-refractivity contribution >= 4 is 41.5 Å². The van der Waals surface area contributed by atoms with Gasteiger partial charge in [-0.05, 0) is 24.5 Å². The normalized spacial score (nSPS) is 16.4. The monoisotopic (exact) mass is 505 g/mol. The van der Waals surface area contributed by atoms with E-state index in [1.165, 1.54) is 0 Å². The molecule has 27 heavy (non-hydrogen) atoms. The Balaban J connectivity index is 0.00000261. The maximum Gasteiger partial charge on any atom is 0.191 e. The zero-order valence-electron chi connectivity index (χ0n) is 15.5. The Kier molecular flexibility index (Phi) is 8.71. The van der Waals surface area contributed by atoms with Crippen LogP contribution in [0, 0.1) is 0 Å². The molecule has 10 heteroatoms. The van der Waals surface area contributed by atoms with Crippen LogP contribution in [0.4, 0.5) is 0 Å². The molecule has 2 aromatic rings. The summed E-state index contributed by atoms with van der Waals surface area (Å²) < 4.78 is 7.07. The minimum absolute atomic E-state index is 0. The Morgan fingerprint density at radius 1 is 1.44 bits per heavy atom. The minimum Gasteiger partial charge on any atom is -0.377 e. The molecule has 8 nitrogen and oxygen atoms in total. The quantitative estimate of drug-likeness (QED) is 0.269. The molecule has 0 radical (unpaired) electrons. The molecule has 0 bridgehead atoms. The van der Waals surface area contributed by atoms with Crippen molar-refractivity contribution in [1.29, 1.82) is 0 Å². The van der Waals surface area contributed by atoms with Crippen LogP contribution >= 0.6 is 35.6 Å². The first-order valence-corrected chi connectivity index (χ1v) is 9.05. The SMILES string of the molecule is CN=C(NCCc1ccc(Cl)nc1)NC1CCc2nc(COC)nn2C1.I. The average Bonchev–Trinajstić information content (AvgIpc) is 3.04. The van der Waals surface area contributed by atoms with E-state index in [4.69, 9.17) is 16.3 Å². The molecular weight excluding hydrogens is 481 g/mol. The number of methoxy groups -OCH3 is 1. The van der Waals surface area contributed by atoms with E-state index in [-0.39, 0.29) is 30.0 Å². The lowest BCUT2D eigenvalue weighted by molar-refractivity contribution is 0.177. The Labute approximate surface area is 181 Å². The fourth-order valence-corrected chi connectivity index (χ4v) is 3.05. The molecule has 0 saturated carbocycles. The Morgan fingerprint density at radius 3 is 3.00 bits per heavy atom. The lowest BCUT2D eigenvalue weighted by atomic mass is 10.1. The Hall–Kier alpha value is -1.46. The summed E-state index contributed by atoms with van der Waals surface area (Å²) in [6, 6.07) is 4.06. The van der Waals surface area contributed by atoms with Crippen LogP contribution in [0.5, 0.6) is 0 Å². The Morgan fingerprint density at radius 2 is 2.30 bits per heavy atom. The molecule has 148 valence electrons. The summed E-state index contributed by atoms with van der Waals surface area (Å²) in [7, 11) is 3.43. The van der Waals surface area contributed by atoms with Gasteiger partial charge in [-0.2, -0.15) is 5.10 Å². The number of aromatic nitrogens is 4. The summed E-state index contributed by atoms with van der Waals surface area (Å²) in [4.78, 5) is 12.9. The van der Waals surface area contributed by atoms with E-state index in [1.807, 2.05) is 10.7 Å². The van der Waals surface area contributed by atoms with Gasteiger partial charge in [0.2, 0.25) is 0 Å². The van der Waals surface area contributed by atoms with Crippen molar-refractivity contribution in [1.82, 2.24) is 30.4 Å². The summed E-state index contributed by atoms with van der Waals surface area (Å²) in [6.45, 7) is 1.98. The summed E-state index contributed by atoms with van der Waals surface area (Å²) >= 11 is 5.81. The highest BCUT2D eigenvalue weighted by atomic mass is 127. The summed E-state index contributed by atoms with van der Waals surface area (Å²) in [6.07, 6.45) is 4.53. The largest absolute Gasteiger partial charge is 0.377 e. The standard InChI is InChI=1S/C17H24ClN7O.HI/c1-19-17(20-8-7-12-3-5-14(18)21-9-12)22-13-4-6-16-23-15(11-26-2)24-25(16)10-13;/h3,5,9,13H,4,6-8,10-11H2,1-2H3,(H2,19,20,22);1H. The number of hydrogen-bond acceptors (Lipinski definition) is 5. The number of halogens is 2. The molecule has 0 saturated heterocycles. The van der Waals surface area contributed by atoms with E-state index in [9.17, 15) is 0 Å². The minimum atomic E-state index is 0. The van der Waals surface area contributed by atoms with Crippen molar-refractivity contribution in [3.05, 3.63) is 40.7 Å². The Bertz CT molecular complexity index is 750. The number of aryl methyl sites for hydroxylation is 1. The summed E-state index contributed by atoms with van der Waals surface area (Å²) in [5.41, 5.74) is 1.13. The van der Waals surface area contributed by atoms with E-state index >= 15 is 0 Å². The van der Waals surface area contributed by atoms with Gasteiger partial charge in [0, 0.05) is 39.4 Å². The van der Waals surface area contributed by atoms with Gasteiger partial charge in [-0.3, -0.25) is 4.99 Å². The zero-order chi connectivity index (χ0) is 18.4. The molecular formula is C17H25ClIN7O. The van der Waals surface area contributed by atoms with Gasteiger partial charge in [0.25, 0.3) is 0 Å². The second-order valence-electron chi connectivity index (χ2n) is 6.18. The highest BCUT2D eigenvalue weighted by Gasteiger charge is 2.22. The first-order chi connectivity index (χ1) is 12.7. The van der Waals surface area contributed by atoms with Gasteiger partial charge >= 0.3 is 0 Å². The van der Waals surface area contributed by atoms with E-state index in [0.717, 1.165) is 55.5 Å². The molecule has 1 aliphatic rings. The van der Waals surface area contributed by atoms with Crippen molar-refractivity contribution in [3.8, 4) is 0 Å². The number of nitrogens with one attached hydrogen (secondary N) is 2. The number of guanidine groups is 1. The van der Waals surface area contributed by atoms with Crippen molar-refractivity contribution in [2.24, 2.45) is 4.99 Å². The number of pyridine rings is 1.